The molecule has 0 spiro atoms. The number of alkyl halides is 3. The van der Waals surface area contributed by atoms with Crippen LogP contribution in [0.2, 0.25) is 0 Å². The number of aliphatic hydroxyl groups excluding tert-OH is 1. The molecule has 1 atom stereocenters. The summed E-state index contributed by atoms with van der Waals surface area (Å²) in [6.45, 7) is 2.54. The van der Waals surface area contributed by atoms with Crippen molar-refractivity contribution >= 4 is 0 Å². The third-order valence-electron chi connectivity index (χ3n) is 2.28. The van der Waals surface area contributed by atoms with E-state index in [1.807, 2.05) is 0 Å². The van der Waals surface area contributed by atoms with Crippen molar-refractivity contribution in [1.82, 2.24) is 0 Å². The van der Waals surface area contributed by atoms with Crippen LogP contribution in [-0.4, -0.2) is 15.8 Å². The molecule has 2 nitrogen and oxygen atoms in total. The van der Waals surface area contributed by atoms with E-state index in [9.17, 15) is 27.8 Å². The lowest BCUT2D eigenvalue weighted by Gasteiger charge is -2.25. The molecule has 0 fully saturated rings. The van der Waals surface area contributed by atoms with Crippen molar-refractivity contribution in [3.05, 3.63) is 35.1 Å². The van der Waals surface area contributed by atoms with Crippen LogP contribution in [0.25, 0.3) is 0 Å². The van der Waals surface area contributed by atoms with Crippen LogP contribution in [0.5, 0.6) is 0 Å². The molecule has 1 aromatic carbocycles. The lowest BCUT2D eigenvalue weighted by molar-refractivity contribution is -0.140. The highest BCUT2D eigenvalue weighted by Crippen LogP contribution is 2.33. The quantitative estimate of drug-likeness (QED) is 0.794. The van der Waals surface area contributed by atoms with Gasteiger partial charge in [0, 0.05) is 0 Å². The highest BCUT2D eigenvalue weighted by atomic mass is 19.4. The van der Waals surface area contributed by atoms with Crippen LogP contribution in [0.1, 0.15) is 31.1 Å². The fourth-order valence-corrected chi connectivity index (χ4v) is 1.34. The molecule has 1 rings (SSSR count). The van der Waals surface area contributed by atoms with E-state index in [1.54, 1.807) is 0 Å². The molecule has 0 bridgehead atoms. The monoisotopic (exact) mass is 252 g/mol. The first kappa shape index (κ1) is 13.9. The maximum atomic E-state index is 13.2. The maximum Gasteiger partial charge on any atom is 0.419 e. The van der Waals surface area contributed by atoms with Gasteiger partial charge in [0.05, 0.1) is 11.2 Å². The highest BCUT2D eigenvalue weighted by molar-refractivity contribution is 5.28. The molecule has 0 saturated carbocycles. The van der Waals surface area contributed by atoms with Gasteiger partial charge in [0.2, 0.25) is 0 Å². The smallest absolute Gasteiger partial charge is 0.387 e. The molecule has 0 aliphatic rings. The number of rotatable bonds is 2. The van der Waals surface area contributed by atoms with Crippen LogP contribution < -0.4 is 0 Å². The first-order valence-corrected chi connectivity index (χ1v) is 4.80. The Balaban J connectivity index is 3.14. The number of aliphatic hydroxyl groups is 2. The Kier molecular flexibility index (Phi) is 3.50. The second-order valence-corrected chi connectivity index (χ2v) is 4.29. The second-order valence-electron chi connectivity index (χ2n) is 4.29. The van der Waals surface area contributed by atoms with Gasteiger partial charge in [-0.05, 0) is 31.5 Å². The molecule has 17 heavy (non-hydrogen) atoms. The fraction of sp³-hybridized carbons (Fsp3) is 0.455. The zero-order valence-corrected chi connectivity index (χ0v) is 9.22. The second kappa shape index (κ2) is 4.27. The van der Waals surface area contributed by atoms with Crippen molar-refractivity contribution in [3.8, 4) is 0 Å². The van der Waals surface area contributed by atoms with E-state index >= 15 is 0 Å². The zero-order chi connectivity index (χ0) is 13.4. The van der Waals surface area contributed by atoms with Gasteiger partial charge in [0.15, 0.2) is 0 Å². The van der Waals surface area contributed by atoms with Gasteiger partial charge in [-0.2, -0.15) is 13.2 Å². The molecular weight excluding hydrogens is 240 g/mol. The molecule has 1 unspecified atom stereocenters. The molecule has 0 aliphatic carbocycles. The Hall–Kier alpha value is -1.14. The molecule has 0 aliphatic heterocycles. The maximum absolute atomic E-state index is 13.2. The Morgan fingerprint density at radius 1 is 1.18 bits per heavy atom. The van der Waals surface area contributed by atoms with E-state index < -0.39 is 29.3 Å². The minimum absolute atomic E-state index is 0.108. The number of halogens is 4. The van der Waals surface area contributed by atoms with Crippen LogP contribution >= 0.6 is 0 Å². The zero-order valence-electron chi connectivity index (χ0n) is 9.22. The van der Waals surface area contributed by atoms with Crippen molar-refractivity contribution < 1.29 is 27.8 Å². The van der Waals surface area contributed by atoms with Crippen LogP contribution in [-0.2, 0) is 6.18 Å². The third-order valence-corrected chi connectivity index (χ3v) is 2.28. The molecule has 0 aromatic heterocycles. The third kappa shape index (κ3) is 3.17. The molecule has 6 heteroatoms. The summed E-state index contributed by atoms with van der Waals surface area (Å²) in [5.74, 6) is -1.47. The summed E-state index contributed by atoms with van der Waals surface area (Å²) in [5, 5.41) is 19.0. The van der Waals surface area contributed by atoms with Crippen LogP contribution in [0.4, 0.5) is 17.6 Å². The van der Waals surface area contributed by atoms with Crippen LogP contribution in [0, 0.1) is 5.82 Å². The number of benzene rings is 1. The minimum Gasteiger partial charge on any atom is -0.387 e. The Morgan fingerprint density at radius 3 is 2.06 bits per heavy atom. The average molecular weight is 252 g/mol. The standard InChI is InChI=1S/C11H12F4O2/c1-10(2,17)9(16)6-3-4-7(8(12)5-6)11(13,14)15/h3-5,9,16-17H,1-2H3. The van der Waals surface area contributed by atoms with Gasteiger partial charge in [-0.25, -0.2) is 4.39 Å². The Morgan fingerprint density at radius 2 is 1.71 bits per heavy atom. The Labute approximate surface area is 95.5 Å². The first-order valence-electron chi connectivity index (χ1n) is 4.80. The first-order chi connectivity index (χ1) is 7.53. The van der Waals surface area contributed by atoms with Crippen molar-refractivity contribution in [2.75, 3.05) is 0 Å². The van der Waals surface area contributed by atoms with Crippen molar-refractivity contribution in [1.29, 1.82) is 0 Å². The molecular formula is C11H12F4O2. The van der Waals surface area contributed by atoms with E-state index in [-0.39, 0.29) is 5.56 Å². The van der Waals surface area contributed by atoms with E-state index in [0.717, 1.165) is 6.07 Å². The molecule has 0 saturated heterocycles. The van der Waals surface area contributed by atoms with Gasteiger partial charge in [-0.15, -0.1) is 0 Å². The van der Waals surface area contributed by atoms with Gasteiger partial charge in [-0.3, -0.25) is 0 Å². The SMILES string of the molecule is CC(C)(O)C(O)c1ccc(C(F)(F)F)c(F)c1. The molecule has 0 heterocycles. The van der Waals surface area contributed by atoms with Gasteiger partial charge >= 0.3 is 6.18 Å². The summed E-state index contributed by atoms with van der Waals surface area (Å²) < 4.78 is 50.0. The number of hydrogen-bond donors (Lipinski definition) is 2. The normalized spacial score (nSPS) is 14.8. The predicted molar refractivity (Wildman–Crippen MR) is 52.7 cm³/mol. The lowest BCUT2D eigenvalue weighted by atomic mass is 9.94. The van der Waals surface area contributed by atoms with E-state index in [4.69, 9.17) is 0 Å². The van der Waals surface area contributed by atoms with Crippen molar-refractivity contribution in [3.63, 3.8) is 0 Å². The summed E-state index contributed by atoms with van der Waals surface area (Å²) >= 11 is 0. The average Bonchev–Trinajstić information content (AvgIpc) is 2.12. The molecule has 2 N–H and O–H groups in total. The summed E-state index contributed by atoms with van der Waals surface area (Å²) in [7, 11) is 0. The number of hydrogen-bond acceptors (Lipinski definition) is 2. The van der Waals surface area contributed by atoms with Gasteiger partial charge in [-0.1, -0.05) is 6.07 Å². The minimum atomic E-state index is -4.78. The van der Waals surface area contributed by atoms with Gasteiger partial charge in [0.1, 0.15) is 11.9 Å². The van der Waals surface area contributed by atoms with Gasteiger partial charge < -0.3 is 10.2 Å². The largest absolute Gasteiger partial charge is 0.419 e. The van der Waals surface area contributed by atoms with Crippen molar-refractivity contribution in [2.45, 2.75) is 31.7 Å². The fourth-order valence-electron chi connectivity index (χ4n) is 1.34. The summed E-state index contributed by atoms with van der Waals surface area (Å²) in [6, 6.07) is 2.06. The molecule has 0 radical (unpaired) electrons. The van der Waals surface area contributed by atoms with Crippen LogP contribution in [0.3, 0.4) is 0 Å². The molecule has 1 aromatic rings. The van der Waals surface area contributed by atoms with E-state index in [2.05, 4.69) is 0 Å². The topological polar surface area (TPSA) is 40.5 Å². The summed E-state index contributed by atoms with van der Waals surface area (Å²) in [6.07, 6.45) is -6.23. The van der Waals surface area contributed by atoms with E-state index in [1.165, 1.54) is 13.8 Å². The summed E-state index contributed by atoms with van der Waals surface area (Å²) in [5.41, 5.74) is -3.07. The molecule has 96 valence electrons. The van der Waals surface area contributed by atoms with Gasteiger partial charge in [0.25, 0.3) is 0 Å². The summed E-state index contributed by atoms with van der Waals surface area (Å²) in [4.78, 5) is 0. The lowest BCUT2D eigenvalue weighted by Crippen LogP contribution is -2.28. The van der Waals surface area contributed by atoms with Crippen molar-refractivity contribution in [2.24, 2.45) is 0 Å². The molecule has 0 amide bonds. The predicted octanol–water partition coefficient (Wildman–Crippen LogP) is 2.65. The Bertz CT molecular complexity index is 407. The highest BCUT2D eigenvalue weighted by Gasteiger charge is 2.35. The van der Waals surface area contributed by atoms with E-state index in [0.29, 0.717) is 12.1 Å². The van der Waals surface area contributed by atoms with Crippen LogP contribution in [0.15, 0.2) is 18.2 Å².